The zero-order valence-corrected chi connectivity index (χ0v) is 11.2. The Bertz CT molecular complexity index is 484. The number of rotatable bonds is 6. The molecule has 2 aromatic heterocycles. The Balaban J connectivity index is 2.06. The fourth-order valence-corrected chi connectivity index (χ4v) is 1.84. The Hall–Kier alpha value is -1.69. The molecule has 0 radical (unpaired) electrons. The van der Waals surface area contributed by atoms with Crippen molar-refractivity contribution >= 4 is 0 Å². The van der Waals surface area contributed by atoms with Gasteiger partial charge in [-0.25, -0.2) is 14.6 Å². The van der Waals surface area contributed by atoms with Gasteiger partial charge in [-0.05, 0) is 13.0 Å². The van der Waals surface area contributed by atoms with Crippen LogP contribution in [0.1, 0.15) is 25.4 Å². The molecule has 2 rings (SSSR count). The van der Waals surface area contributed by atoms with E-state index in [4.69, 9.17) is 0 Å². The molecular formula is C12H20N6. The number of nitrogens with one attached hydrogen (secondary N) is 1. The van der Waals surface area contributed by atoms with Gasteiger partial charge in [0.1, 0.15) is 12.2 Å². The number of hydrogen-bond donors (Lipinski definition) is 1. The molecule has 98 valence electrons. The van der Waals surface area contributed by atoms with Crippen LogP contribution in [-0.2, 0) is 19.6 Å². The Morgan fingerprint density at radius 1 is 1.33 bits per heavy atom. The van der Waals surface area contributed by atoms with Crippen molar-refractivity contribution in [1.29, 1.82) is 0 Å². The topological polar surface area (TPSA) is 60.6 Å². The van der Waals surface area contributed by atoms with Crippen LogP contribution in [0.5, 0.6) is 0 Å². The predicted octanol–water partition coefficient (Wildman–Crippen LogP) is 0.898. The lowest BCUT2D eigenvalue weighted by Gasteiger charge is -2.08. The van der Waals surface area contributed by atoms with Crippen molar-refractivity contribution in [1.82, 2.24) is 29.6 Å². The van der Waals surface area contributed by atoms with Crippen molar-refractivity contribution in [2.75, 3.05) is 7.05 Å². The molecule has 0 aliphatic carbocycles. The lowest BCUT2D eigenvalue weighted by atomic mass is 10.2. The summed E-state index contributed by atoms with van der Waals surface area (Å²) in [4.78, 5) is 8.63. The Morgan fingerprint density at radius 3 is 2.89 bits per heavy atom. The highest BCUT2D eigenvalue weighted by Crippen LogP contribution is 2.04. The number of nitrogens with zero attached hydrogens (tertiary/aromatic N) is 5. The molecule has 0 saturated heterocycles. The molecule has 1 N–H and O–H groups in total. The summed E-state index contributed by atoms with van der Waals surface area (Å²) in [5, 5.41) is 7.34. The summed E-state index contributed by atoms with van der Waals surface area (Å²) in [6.07, 6.45) is 5.48. The van der Waals surface area contributed by atoms with E-state index < -0.39 is 0 Å². The minimum Gasteiger partial charge on any atom is -0.330 e. The van der Waals surface area contributed by atoms with Crippen LogP contribution in [0.3, 0.4) is 0 Å². The summed E-state index contributed by atoms with van der Waals surface area (Å²) >= 11 is 0. The highest BCUT2D eigenvalue weighted by atomic mass is 15.3. The Labute approximate surface area is 107 Å². The highest BCUT2D eigenvalue weighted by molar-refractivity contribution is 4.98. The molecule has 0 aliphatic heterocycles. The molecule has 0 unspecified atom stereocenters. The van der Waals surface area contributed by atoms with Gasteiger partial charge in [-0.3, -0.25) is 0 Å². The molecule has 0 aromatic carbocycles. The van der Waals surface area contributed by atoms with E-state index in [0.717, 1.165) is 24.6 Å². The molecule has 0 aliphatic rings. The minimum absolute atomic E-state index is 0.563. The van der Waals surface area contributed by atoms with Crippen molar-refractivity contribution < 1.29 is 0 Å². The van der Waals surface area contributed by atoms with Gasteiger partial charge in [-0.1, -0.05) is 13.8 Å². The van der Waals surface area contributed by atoms with E-state index >= 15 is 0 Å². The highest BCUT2D eigenvalue weighted by Gasteiger charge is 2.07. The van der Waals surface area contributed by atoms with Crippen LogP contribution in [0, 0.1) is 5.92 Å². The van der Waals surface area contributed by atoms with Gasteiger partial charge in [0.2, 0.25) is 0 Å². The maximum Gasteiger partial charge on any atom is 0.146 e. The van der Waals surface area contributed by atoms with Crippen molar-refractivity contribution in [2.24, 2.45) is 5.92 Å². The van der Waals surface area contributed by atoms with E-state index in [2.05, 4.69) is 34.2 Å². The Kier molecular flexibility index (Phi) is 4.09. The summed E-state index contributed by atoms with van der Waals surface area (Å²) in [6.45, 7) is 6.74. The minimum atomic E-state index is 0.563. The van der Waals surface area contributed by atoms with Crippen molar-refractivity contribution in [2.45, 2.75) is 33.5 Å². The third-order valence-electron chi connectivity index (χ3n) is 2.60. The maximum atomic E-state index is 4.32. The van der Waals surface area contributed by atoms with Gasteiger partial charge in [0.25, 0.3) is 0 Å². The standard InChI is InChI=1S/C12H20N6/c1-10(2)5-18-12(14-8-16-18)7-17-6-11(4-13-3)15-9-17/h6,8-10,13H,4-5,7H2,1-3H3. The van der Waals surface area contributed by atoms with E-state index in [9.17, 15) is 0 Å². The zero-order chi connectivity index (χ0) is 13.0. The van der Waals surface area contributed by atoms with E-state index in [-0.39, 0.29) is 0 Å². The van der Waals surface area contributed by atoms with Gasteiger partial charge >= 0.3 is 0 Å². The first-order valence-corrected chi connectivity index (χ1v) is 6.21. The molecule has 6 nitrogen and oxygen atoms in total. The summed E-state index contributed by atoms with van der Waals surface area (Å²) < 4.78 is 4.00. The van der Waals surface area contributed by atoms with Gasteiger partial charge < -0.3 is 9.88 Å². The molecule has 0 atom stereocenters. The van der Waals surface area contributed by atoms with Crippen molar-refractivity contribution in [3.63, 3.8) is 0 Å². The molecular weight excluding hydrogens is 228 g/mol. The molecule has 0 spiro atoms. The van der Waals surface area contributed by atoms with Gasteiger partial charge in [-0.2, -0.15) is 5.10 Å². The largest absolute Gasteiger partial charge is 0.330 e. The summed E-state index contributed by atoms with van der Waals surface area (Å²) in [6, 6.07) is 0. The predicted molar refractivity (Wildman–Crippen MR) is 69.0 cm³/mol. The van der Waals surface area contributed by atoms with E-state index in [1.807, 2.05) is 28.8 Å². The lowest BCUT2D eigenvalue weighted by molar-refractivity contribution is 0.461. The van der Waals surface area contributed by atoms with Crippen LogP contribution in [-0.4, -0.2) is 31.4 Å². The van der Waals surface area contributed by atoms with Gasteiger partial charge in [0, 0.05) is 19.3 Å². The fourth-order valence-electron chi connectivity index (χ4n) is 1.84. The third-order valence-corrected chi connectivity index (χ3v) is 2.60. The lowest BCUT2D eigenvalue weighted by Crippen LogP contribution is -2.12. The van der Waals surface area contributed by atoms with Gasteiger partial charge in [0.05, 0.1) is 18.6 Å². The van der Waals surface area contributed by atoms with Crippen LogP contribution in [0.4, 0.5) is 0 Å². The van der Waals surface area contributed by atoms with E-state index in [0.29, 0.717) is 12.5 Å². The summed E-state index contributed by atoms with van der Waals surface area (Å²) in [5.41, 5.74) is 1.03. The third kappa shape index (κ3) is 3.16. The molecule has 18 heavy (non-hydrogen) atoms. The first-order chi connectivity index (χ1) is 8.69. The molecule has 6 heteroatoms. The molecule has 0 saturated carbocycles. The second-order valence-corrected chi connectivity index (χ2v) is 4.82. The fraction of sp³-hybridized carbons (Fsp3) is 0.583. The molecule has 0 fully saturated rings. The number of aromatic nitrogens is 5. The van der Waals surface area contributed by atoms with E-state index in [1.54, 1.807) is 6.33 Å². The monoisotopic (exact) mass is 248 g/mol. The maximum absolute atomic E-state index is 4.32. The molecule has 0 amide bonds. The van der Waals surface area contributed by atoms with Crippen LogP contribution in [0.25, 0.3) is 0 Å². The van der Waals surface area contributed by atoms with Crippen molar-refractivity contribution in [3.8, 4) is 0 Å². The molecule has 2 heterocycles. The average Bonchev–Trinajstić information content (AvgIpc) is 2.90. The average molecular weight is 248 g/mol. The normalized spacial score (nSPS) is 11.3. The number of hydrogen-bond acceptors (Lipinski definition) is 4. The van der Waals surface area contributed by atoms with Gasteiger partial charge in [-0.15, -0.1) is 0 Å². The second kappa shape index (κ2) is 5.77. The van der Waals surface area contributed by atoms with Crippen LogP contribution in [0.15, 0.2) is 18.9 Å². The van der Waals surface area contributed by atoms with Crippen LogP contribution in [0.2, 0.25) is 0 Å². The smallest absolute Gasteiger partial charge is 0.146 e. The zero-order valence-electron chi connectivity index (χ0n) is 11.2. The van der Waals surface area contributed by atoms with Crippen LogP contribution < -0.4 is 5.32 Å². The van der Waals surface area contributed by atoms with Crippen molar-refractivity contribution in [3.05, 3.63) is 30.4 Å². The van der Waals surface area contributed by atoms with E-state index in [1.165, 1.54) is 0 Å². The van der Waals surface area contributed by atoms with Gasteiger partial charge in [0.15, 0.2) is 0 Å². The first-order valence-electron chi connectivity index (χ1n) is 6.21. The van der Waals surface area contributed by atoms with Crippen LogP contribution >= 0.6 is 0 Å². The molecule has 0 bridgehead atoms. The summed E-state index contributed by atoms with van der Waals surface area (Å²) in [5.74, 6) is 1.53. The first kappa shape index (κ1) is 12.8. The second-order valence-electron chi connectivity index (χ2n) is 4.82. The molecule has 2 aromatic rings. The quantitative estimate of drug-likeness (QED) is 0.825. The SMILES string of the molecule is CNCc1cn(Cc2ncnn2CC(C)C)cn1. The number of imidazole rings is 1. The Morgan fingerprint density at radius 2 is 2.17 bits per heavy atom. The summed E-state index contributed by atoms with van der Waals surface area (Å²) in [7, 11) is 1.91.